The molecule has 1 fully saturated rings. The second-order valence-corrected chi connectivity index (χ2v) is 4.27. The lowest BCUT2D eigenvalue weighted by molar-refractivity contribution is -0.138. The van der Waals surface area contributed by atoms with E-state index in [2.05, 4.69) is 13.5 Å². The highest BCUT2D eigenvalue weighted by Crippen LogP contribution is 2.42. The number of allylic oxidation sites excluding steroid dienone is 1. The Morgan fingerprint density at radius 2 is 2.15 bits per heavy atom. The predicted molar refractivity (Wildman–Crippen MR) is 52.4 cm³/mol. The Morgan fingerprint density at radius 1 is 1.54 bits per heavy atom. The molecule has 1 N–H and O–H groups in total. The van der Waals surface area contributed by atoms with Crippen molar-refractivity contribution in [2.24, 2.45) is 17.8 Å². The Bertz CT molecular complexity index is 220. The first-order valence-corrected chi connectivity index (χ1v) is 4.89. The largest absolute Gasteiger partial charge is 0.481 e. The molecule has 2 nitrogen and oxygen atoms in total. The number of carboxylic acids is 1. The van der Waals surface area contributed by atoms with E-state index in [1.54, 1.807) is 0 Å². The average Bonchev–Trinajstić information content (AvgIpc) is 2.32. The Morgan fingerprint density at radius 3 is 2.62 bits per heavy atom. The van der Waals surface area contributed by atoms with Gasteiger partial charge in [-0.15, -0.1) is 0 Å². The van der Waals surface area contributed by atoms with Crippen molar-refractivity contribution in [3.8, 4) is 0 Å². The van der Waals surface area contributed by atoms with Crippen molar-refractivity contribution < 1.29 is 9.90 Å². The molecule has 3 atom stereocenters. The minimum atomic E-state index is -0.676. The molecular formula is C11H18O2. The number of aliphatic carboxylic acids is 1. The lowest BCUT2D eigenvalue weighted by atomic mass is 9.84. The first kappa shape index (κ1) is 10.3. The minimum Gasteiger partial charge on any atom is -0.481 e. The third kappa shape index (κ3) is 2.33. The molecule has 1 aliphatic rings. The molecule has 0 radical (unpaired) electrons. The molecule has 0 aromatic heterocycles. The summed E-state index contributed by atoms with van der Waals surface area (Å²) < 4.78 is 0. The van der Waals surface area contributed by atoms with E-state index in [9.17, 15) is 4.79 Å². The molecule has 0 saturated heterocycles. The molecule has 1 aliphatic carbocycles. The van der Waals surface area contributed by atoms with Crippen LogP contribution in [0.3, 0.4) is 0 Å². The van der Waals surface area contributed by atoms with Crippen LogP contribution in [0.2, 0.25) is 0 Å². The number of hydrogen-bond acceptors (Lipinski definition) is 1. The van der Waals surface area contributed by atoms with Crippen molar-refractivity contribution >= 4 is 5.97 Å². The molecule has 2 heteroatoms. The van der Waals surface area contributed by atoms with Crippen LogP contribution in [0.25, 0.3) is 0 Å². The predicted octanol–water partition coefficient (Wildman–Crippen LogP) is 2.70. The summed E-state index contributed by atoms with van der Waals surface area (Å²) in [5.41, 5.74) is 1.15. The molecule has 0 aromatic carbocycles. The van der Waals surface area contributed by atoms with Gasteiger partial charge in [-0.25, -0.2) is 0 Å². The van der Waals surface area contributed by atoms with Gasteiger partial charge in [0.15, 0.2) is 0 Å². The molecular weight excluding hydrogens is 164 g/mol. The summed E-state index contributed by atoms with van der Waals surface area (Å²) in [5, 5.41) is 8.76. The molecule has 74 valence electrons. The maximum atomic E-state index is 10.6. The number of carbonyl (C=O) groups is 1. The Hall–Kier alpha value is -0.790. The molecule has 1 rings (SSSR count). The van der Waals surface area contributed by atoms with Gasteiger partial charge in [-0.1, -0.05) is 19.1 Å². The Balaban J connectivity index is 2.65. The third-order valence-electron chi connectivity index (χ3n) is 3.22. The lowest BCUT2D eigenvalue weighted by Gasteiger charge is -2.21. The zero-order chi connectivity index (χ0) is 10.0. The molecule has 0 aromatic rings. The van der Waals surface area contributed by atoms with Crippen LogP contribution in [-0.2, 0) is 4.79 Å². The van der Waals surface area contributed by atoms with Crippen molar-refractivity contribution in [1.29, 1.82) is 0 Å². The topological polar surface area (TPSA) is 37.3 Å². The first-order valence-electron chi connectivity index (χ1n) is 4.89. The molecule has 0 amide bonds. The fourth-order valence-electron chi connectivity index (χ4n) is 2.42. The van der Waals surface area contributed by atoms with E-state index in [-0.39, 0.29) is 0 Å². The summed E-state index contributed by atoms with van der Waals surface area (Å²) in [6, 6.07) is 0. The van der Waals surface area contributed by atoms with E-state index in [0.29, 0.717) is 24.2 Å². The van der Waals surface area contributed by atoms with Crippen LogP contribution in [0.15, 0.2) is 12.2 Å². The van der Waals surface area contributed by atoms with Crippen molar-refractivity contribution in [3.63, 3.8) is 0 Å². The van der Waals surface area contributed by atoms with Crippen molar-refractivity contribution in [2.75, 3.05) is 0 Å². The van der Waals surface area contributed by atoms with Crippen LogP contribution < -0.4 is 0 Å². The molecule has 0 heterocycles. The molecule has 0 aliphatic heterocycles. The molecule has 0 spiro atoms. The summed E-state index contributed by atoms with van der Waals surface area (Å²) in [5.74, 6) is 0.615. The van der Waals surface area contributed by atoms with Crippen LogP contribution in [0.1, 0.15) is 33.1 Å². The fourth-order valence-corrected chi connectivity index (χ4v) is 2.42. The van der Waals surface area contributed by atoms with Gasteiger partial charge in [-0.05, 0) is 37.5 Å². The average molecular weight is 182 g/mol. The molecule has 13 heavy (non-hydrogen) atoms. The third-order valence-corrected chi connectivity index (χ3v) is 3.22. The summed E-state index contributed by atoms with van der Waals surface area (Å²) >= 11 is 0. The van der Waals surface area contributed by atoms with Crippen LogP contribution in [0.4, 0.5) is 0 Å². The molecule has 1 saturated carbocycles. The summed E-state index contributed by atoms with van der Waals surface area (Å²) in [6.45, 7) is 8.10. The fraction of sp³-hybridized carbons (Fsp3) is 0.727. The van der Waals surface area contributed by atoms with Gasteiger partial charge in [-0.3, -0.25) is 4.79 Å². The standard InChI is InChI=1S/C11H18O2/c1-7(2)9-5-4-8(3)10(9)6-11(12)13/h8-10H,1,4-6H2,2-3H3,(H,12,13)/t8-,9-,10-/m1/s1. The van der Waals surface area contributed by atoms with Crippen LogP contribution in [0.5, 0.6) is 0 Å². The van der Waals surface area contributed by atoms with E-state index in [0.717, 1.165) is 18.4 Å². The highest BCUT2D eigenvalue weighted by molar-refractivity contribution is 5.67. The van der Waals surface area contributed by atoms with Gasteiger partial charge >= 0.3 is 5.97 Å². The van der Waals surface area contributed by atoms with E-state index in [1.165, 1.54) is 0 Å². The van der Waals surface area contributed by atoms with Gasteiger partial charge in [0.05, 0.1) is 0 Å². The number of rotatable bonds is 3. The van der Waals surface area contributed by atoms with Crippen molar-refractivity contribution in [1.82, 2.24) is 0 Å². The highest BCUT2D eigenvalue weighted by Gasteiger charge is 2.34. The SMILES string of the molecule is C=C(C)[C@H]1CC[C@@H](C)[C@H]1CC(=O)O. The van der Waals surface area contributed by atoms with Gasteiger partial charge in [0.25, 0.3) is 0 Å². The van der Waals surface area contributed by atoms with E-state index in [4.69, 9.17) is 5.11 Å². The maximum absolute atomic E-state index is 10.6. The van der Waals surface area contributed by atoms with Gasteiger partial charge in [-0.2, -0.15) is 0 Å². The molecule has 0 unspecified atom stereocenters. The Labute approximate surface area is 79.6 Å². The van der Waals surface area contributed by atoms with Crippen LogP contribution >= 0.6 is 0 Å². The van der Waals surface area contributed by atoms with E-state index in [1.807, 2.05) is 6.92 Å². The number of carboxylic acid groups (broad SMARTS) is 1. The van der Waals surface area contributed by atoms with Crippen molar-refractivity contribution in [2.45, 2.75) is 33.1 Å². The monoisotopic (exact) mass is 182 g/mol. The van der Waals surface area contributed by atoms with Gasteiger partial charge < -0.3 is 5.11 Å². The van der Waals surface area contributed by atoms with Gasteiger partial charge in [0.2, 0.25) is 0 Å². The maximum Gasteiger partial charge on any atom is 0.303 e. The molecule has 0 bridgehead atoms. The van der Waals surface area contributed by atoms with E-state index >= 15 is 0 Å². The highest BCUT2D eigenvalue weighted by atomic mass is 16.4. The smallest absolute Gasteiger partial charge is 0.303 e. The van der Waals surface area contributed by atoms with Crippen LogP contribution in [0, 0.1) is 17.8 Å². The minimum absolute atomic E-state index is 0.304. The summed E-state index contributed by atoms with van der Waals surface area (Å²) in [7, 11) is 0. The normalized spacial score (nSPS) is 33.2. The first-order chi connectivity index (χ1) is 6.02. The second kappa shape index (κ2) is 3.95. The quantitative estimate of drug-likeness (QED) is 0.681. The lowest BCUT2D eigenvalue weighted by Crippen LogP contribution is -2.17. The summed E-state index contributed by atoms with van der Waals surface area (Å²) in [4.78, 5) is 10.6. The second-order valence-electron chi connectivity index (χ2n) is 4.27. The Kier molecular flexibility index (Phi) is 3.12. The van der Waals surface area contributed by atoms with Crippen LogP contribution in [-0.4, -0.2) is 11.1 Å². The zero-order valence-corrected chi connectivity index (χ0v) is 8.42. The number of hydrogen-bond donors (Lipinski definition) is 1. The van der Waals surface area contributed by atoms with Gasteiger partial charge in [0, 0.05) is 6.42 Å². The summed E-state index contributed by atoms with van der Waals surface area (Å²) in [6.07, 6.45) is 2.57. The van der Waals surface area contributed by atoms with Crippen molar-refractivity contribution in [3.05, 3.63) is 12.2 Å². The zero-order valence-electron chi connectivity index (χ0n) is 8.42. The van der Waals surface area contributed by atoms with Gasteiger partial charge in [0.1, 0.15) is 0 Å². The van der Waals surface area contributed by atoms with E-state index < -0.39 is 5.97 Å².